The van der Waals surface area contributed by atoms with Crippen LogP contribution >= 0.6 is 0 Å². The number of hydrogen-bond acceptors (Lipinski definition) is 5. The molecule has 1 aromatic heterocycles. The lowest BCUT2D eigenvalue weighted by Crippen LogP contribution is -2.63. The molecule has 1 amide bonds. The number of aromatic nitrogens is 1. The fourth-order valence-electron chi connectivity index (χ4n) is 4.28. The maximum Gasteiger partial charge on any atom is 0.417 e. The molecule has 2 N–H and O–H groups in total. The smallest absolute Gasteiger partial charge is 0.417 e. The van der Waals surface area contributed by atoms with Gasteiger partial charge in [0, 0.05) is 0 Å². The Morgan fingerprint density at radius 1 is 1.36 bits per heavy atom. The van der Waals surface area contributed by atoms with E-state index in [1.165, 1.54) is 4.90 Å². The van der Waals surface area contributed by atoms with Crippen LogP contribution in [0.2, 0.25) is 19.6 Å². The SMILES string of the molecule is C[C@@H](O[Si](C)(C)C)[C@H]1C(=O)N2C(C(=O)O)=C(c3ccc4oc(=O)[nH]c4c3)C[C@H]12. The lowest BCUT2D eigenvalue weighted by Gasteiger charge is -2.47. The summed E-state index contributed by atoms with van der Waals surface area (Å²) in [5.41, 5.74) is 2.14. The number of aromatic amines is 1. The van der Waals surface area contributed by atoms with E-state index in [2.05, 4.69) is 24.6 Å². The normalized spacial score (nSPS) is 23.1. The number of H-pyrrole nitrogens is 1. The van der Waals surface area contributed by atoms with Gasteiger partial charge >= 0.3 is 11.7 Å². The molecule has 0 aliphatic carbocycles. The summed E-state index contributed by atoms with van der Waals surface area (Å²) < 4.78 is 11.1. The number of hydrogen-bond donors (Lipinski definition) is 2. The molecule has 0 unspecified atom stereocenters. The highest BCUT2D eigenvalue weighted by Gasteiger charge is 2.57. The lowest BCUT2D eigenvalue weighted by molar-refractivity contribution is -0.160. The second-order valence-corrected chi connectivity index (χ2v) is 12.8. The van der Waals surface area contributed by atoms with Crippen molar-refractivity contribution in [3.05, 3.63) is 40.0 Å². The number of carboxylic acid groups (broad SMARTS) is 1. The van der Waals surface area contributed by atoms with E-state index in [1.807, 2.05) is 6.92 Å². The maximum absolute atomic E-state index is 12.8. The van der Waals surface area contributed by atoms with Gasteiger partial charge in [-0.05, 0) is 56.3 Å². The summed E-state index contributed by atoms with van der Waals surface area (Å²) in [6.45, 7) is 8.07. The van der Waals surface area contributed by atoms with Crippen molar-refractivity contribution in [1.82, 2.24) is 9.88 Å². The van der Waals surface area contributed by atoms with E-state index in [0.29, 0.717) is 28.7 Å². The Morgan fingerprint density at radius 2 is 2.07 bits per heavy atom. The fourth-order valence-corrected chi connectivity index (χ4v) is 5.55. The molecule has 1 aromatic carbocycles. The van der Waals surface area contributed by atoms with E-state index in [1.54, 1.807) is 18.2 Å². The number of benzene rings is 1. The Labute approximate surface area is 161 Å². The molecular formula is C19H22N2O6Si. The highest BCUT2D eigenvalue weighted by Crippen LogP contribution is 2.47. The van der Waals surface area contributed by atoms with Gasteiger partial charge in [0.25, 0.3) is 0 Å². The highest BCUT2D eigenvalue weighted by molar-refractivity contribution is 6.69. The molecule has 3 atom stereocenters. The van der Waals surface area contributed by atoms with Crippen LogP contribution in [0.4, 0.5) is 0 Å². The predicted octanol–water partition coefficient (Wildman–Crippen LogP) is 2.39. The molecule has 1 saturated heterocycles. The van der Waals surface area contributed by atoms with Gasteiger partial charge in [0.1, 0.15) is 5.70 Å². The summed E-state index contributed by atoms with van der Waals surface area (Å²) in [7, 11) is -1.83. The zero-order valence-electron chi connectivity index (χ0n) is 16.1. The predicted molar refractivity (Wildman–Crippen MR) is 104 cm³/mol. The summed E-state index contributed by atoms with van der Waals surface area (Å²) in [5, 5.41) is 9.76. The van der Waals surface area contributed by atoms with Crippen LogP contribution < -0.4 is 5.76 Å². The number of aliphatic carboxylic acids is 1. The van der Waals surface area contributed by atoms with Crippen LogP contribution in [-0.2, 0) is 14.0 Å². The first-order valence-corrected chi connectivity index (χ1v) is 12.6. The molecule has 0 bridgehead atoms. The Kier molecular flexibility index (Phi) is 4.13. The number of fused-ring (bicyclic) bond motifs is 2. The van der Waals surface area contributed by atoms with Gasteiger partial charge < -0.3 is 18.8 Å². The number of carboxylic acids is 1. The molecule has 9 heteroatoms. The Morgan fingerprint density at radius 3 is 2.71 bits per heavy atom. The van der Waals surface area contributed by atoms with Crippen molar-refractivity contribution in [2.24, 2.45) is 5.92 Å². The van der Waals surface area contributed by atoms with E-state index in [9.17, 15) is 19.5 Å². The topological polar surface area (TPSA) is 113 Å². The molecular weight excluding hydrogens is 380 g/mol. The van der Waals surface area contributed by atoms with E-state index in [0.717, 1.165) is 0 Å². The van der Waals surface area contributed by atoms with Crippen molar-refractivity contribution in [3.63, 3.8) is 0 Å². The minimum absolute atomic E-state index is 0.0108. The second-order valence-electron chi connectivity index (χ2n) is 8.30. The Balaban J connectivity index is 1.69. The molecule has 4 rings (SSSR count). The number of rotatable bonds is 5. The highest BCUT2D eigenvalue weighted by atomic mass is 28.4. The van der Waals surface area contributed by atoms with Crippen LogP contribution in [-0.4, -0.2) is 47.3 Å². The van der Waals surface area contributed by atoms with Crippen LogP contribution in [0.1, 0.15) is 18.9 Å². The van der Waals surface area contributed by atoms with Crippen LogP contribution in [0.25, 0.3) is 16.7 Å². The van der Waals surface area contributed by atoms with E-state index >= 15 is 0 Å². The molecule has 0 spiro atoms. The zero-order chi connectivity index (χ0) is 20.4. The number of nitrogens with zero attached hydrogens (tertiary/aromatic N) is 1. The third-order valence-electron chi connectivity index (χ3n) is 5.22. The van der Waals surface area contributed by atoms with Gasteiger partial charge in [-0.1, -0.05) is 6.07 Å². The molecule has 2 aliphatic heterocycles. The number of carbonyl (C=O) groups is 2. The molecule has 148 valence electrons. The average Bonchev–Trinajstić information content (AvgIpc) is 3.09. The van der Waals surface area contributed by atoms with Crippen LogP contribution in [0.15, 0.2) is 33.1 Å². The molecule has 8 nitrogen and oxygen atoms in total. The average molecular weight is 402 g/mol. The summed E-state index contributed by atoms with van der Waals surface area (Å²) in [6.07, 6.45) is 0.174. The summed E-state index contributed by atoms with van der Waals surface area (Å²) in [5.74, 6) is -2.26. The van der Waals surface area contributed by atoms with Crippen LogP contribution in [0.5, 0.6) is 0 Å². The number of nitrogens with one attached hydrogen (secondary N) is 1. The molecule has 1 fully saturated rings. The summed E-state index contributed by atoms with van der Waals surface area (Å²) in [6, 6.07) is 4.80. The minimum Gasteiger partial charge on any atom is -0.477 e. The number of carbonyl (C=O) groups excluding carboxylic acids is 1. The van der Waals surface area contributed by atoms with Crippen molar-refractivity contribution in [2.75, 3.05) is 0 Å². The molecule has 28 heavy (non-hydrogen) atoms. The van der Waals surface area contributed by atoms with Gasteiger partial charge in [0.2, 0.25) is 5.91 Å². The molecule has 2 aliphatic rings. The van der Waals surface area contributed by atoms with Gasteiger partial charge in [-0.2, -0.15) is 0 Å². The van der Waals surface area contributed by atoms with Gasteiger partial charge in [-0.3, -0.25) is 9.78 Å². The maximum atomic E-state index is 12.8. The van der Waals surface area contributed by atoms with Crippen molar-refractivity contribution in [2.45, 2.75) is 45.1 Å². The molecule has 2 aromatic rings. The van der Waals surface area contributed by atoms with Crippen molar-refractivity contribution in [1.29, 1.82) is 0 Å². The van der Waals surface area contributed by atoms with Gasteiger partial charge in [-0.25, -0.2) is 9.59 Å². The number of amides is 1. The monoisotopic (exact) mass is 402 g/mol. The number of β-lactam (4-membered cyclic amide) rings is 1. The van der Waals surface area contributed by atoms with Crippen molar-refractivity contribution in [3.8, 4) is 0 Å². The van der Waals surface area contributed by atoms with Crippen LogP contribution in [0.3, 0.4) is 0 Å². The largest absolute Gasteiger partial charge is 0.477 e. The van der Waals surface area contributed by atoms with Gasteiger partial charge in [0.05, 0.1) is 23.6 Å². The molecule has 3 heterocycles. The summed E-state index contributed by atoms with van der Waals surface area (Å²) in [4.78, 5) is 40.1. The molecule has 0 radical (unpaired) electrons. The lowest BCUT2D eigenvalue weighted by atomic mass is 9.82. The Hall–Kier alpha value is -2.65. The zero-order valence-corrected chi connectivity index (χ0v) is 17.1. The Bertz CT molecular complexity index is 1080. The second kappa shape index (κ2) is 6.18. The standard InChI is InChI=1S/C19H22N2O6Si/c1-9(27-28(2,3)4)15-13-8-11(16(18(23)24)21(13)17(15)22)10-5-6-14-12(7-10)20-19(25)26-14/h5-7,9,13,15H,8H2,1-4H3,(H,20,25)(H,23,24)/t9-,13-,15-/m1/s1. The third kappa shape index (κ3) is 2.91. The van der Waals surface area contributed by atoms with E-state index in [4.69, 9.17) is 8.84 Å². The number of oxazole rings is 1. The third-order valence-corrected chi connectivity index (χ3v) is 6.30. The van der Waals surface area contributed by atoms with E-state index in [-0.39, 0.29) is 29.7 Å². The van der Waals surface area contributed by atoms with Gasteiger partial charge in [-0.15, -0.1) is 0 Å². The summed E-state index contributed by atoms with van der Waals surface area (Å²) >= 11 is 0. The van der Waals surface area contributed by atoms with Crippen molar-refractivity contribution < 1.29 is 23.5 Å². The first-order valence-electron chi connectivity index (χ1n) is 9.17. The van der Waals surface area contributed by atoms with Gasteiger partial charge in [0.15, 0.2) is 13.9 Å². The quantitative estimate of drug-likeness (QED) is 0.586. The van der Waals surface area contributed by atoms with Crippen LogP contribution in [0, 0.1) is 5.92 Å². The molecule has 0 saturated carbocycles. The van der Waals surface area contributed by atoms with E-state index < -0.39 is 20.0 Å². The first kappa shape index (κ1) is 18.7. The van der Waals surface area contributed by atoms with Crippen molar-refractivity contribution >= 4 is 36.9 Å². The minimum atomic E-state index is -1.83. The fraction of sp³-hybridized carbons (Fsp3) is 0.421. The first-order chi connectivity index (χ1) is 13.1.